The molecule has 1 rings (SSSR count). The van der Waals surface area contributed by atoms with Crippen LogP contribution in [0.25, 0.3) is 0 Å². The summed E-state index contributed by atoms with van der Waals surface area (Å²) in [5.74, 6) is 1.74. The average Bonchev–Trinajstić information content (AvgIpc) is 2.48. The maximum Gasteiger partial charge on any atom is 0.161 e. The van der Waals surface area contributed by atoms with Gasteiger partial charge in [-0.15, -0.1) is 0 Å². The molecule has 0 radical (unpaired) electrons. The molecule has 21 heavy (non-hydrogen) atoms. The van der Waals surface area contributed by atoms with Gasteiger partial charge in [0.05, 0.1) is 6.61 Å². The molecule has 1 unspecified atom stereocenters. The van der Waals surface area contributed by atoms with Crippen molar-refractivity contribution in [3.8, 4) is 11.5 Å². The molecule has 0 saturated heterocycles. The predicted molar refractivity (Wildman–Crippen MR) is 83.2 cm³/mol. The van der Waals surface area contributed by atoms with Crippen LogP contribution < -0.4 is 15.2 Å². The van der Waals surface area contributed by atoms with E-state index in [0.29, 0.717) is 19.8 Å². The van der Waals surface area contributed by atoms with Crippen molar-refractivity contribution in [2.45, 2.75) is 13.8 Å². The zero-order valence-corrected chi connectivity index (χ0v) is 13.0. The number of oxime groups is 1. The molecule has 0 aliphatic rings. The van der Waals surface area contributed by atoms with Crippen molar-refractivity contribution in [2.24, 2.45) is 16.8 Å². The molecule has 6 heteroatoms. The van der Waals surface area contributed by atoms with Crippen LogP contribution in [0.4, 0.5) is 0 Å². The minimum Gasteiger partial charge on any atom is -0.490 e. The summed E-state index contributed by atoms with van der Waals surface area (Å²) in [4.78, 5) is 2.08. The molecule has 0 fully saturated rings. The fraction of sp³-hybridized carbons (Fsp3) is 0.533. The highest BCUT2D eigenvalue weighted by Crippen LogP contribution is 2.26. The van der Waals surface area contributed by atoms with E-state index in [2.05, 4.69) is 10.1 Å². The molecule has 0 aliphatic heterocycles. The molecule has 0 amide bonds. The lowest BCUT2D eigenvalue weighted by Gasteiger charge is -2.21. The predicted octanol–water partition coefficient (Wildman–Crippen LogP) is 1.78. The number of hydrogen-bond acceptors (Lipinski definition) is 5. The zero-order chi connectivity index (χ0) is 15.7. The van der Waals surface area contributed by atoms with Crippen LogP contribution in [-0.2, 0) is 0 Å². The number of rotatable bonds is 9. The van der Waals surface area contributed by atoms with Gasteiger partial charge in [-0.3, -0.25) is 0 Å². The van der Waals surface area contributed by atoms with Gasteiger partial charge in [0.1, 0.15) is 12.4 Å². The van der Waals surface area contributed by atoms with Crippen LogP contribution in [-0.4, -0.2) is 49.3 Å². The van der Waals surface area contributed by atoms with E-state index in [0.717, 1.165) is 18.0 Å². The minimum absolute atomic E-state index is 0.00397. The largest absolute Gasteiger partial charge is 0.490 e. The molecule has 1 atom stereocenters. The van der Waals surface area contributed by atoms with E-state index < -0.39 is 0 Å². The first-order valence-corrected chi connectivity index (χ1v) is 7.09. The average molecular weight is 295 g/mol. The van der Waals surface area contributed by atoms with Crippen molar-refractivity contribution in [1.29, 1.82) is 0 Å². The molecule has 0 heterocycles. The summed E-state index contributed by atoms with van der Waals surface area (Å²) >= 11 is 0. The van der Waals surface area contributed by atoms with Crippen molar-refractivity contribution < 1.29 is 14.7 Å². The molecular weight excluding hydrogens is 270 g/mol. The van der Waals surface area contributed by atoms with Crippen molar-refractivity contribution in [3.63, 3.8) is 0 Å². The van der Waals surface area contributed by atoms with E-state index in [-0.39, 0.29) is 11.8 Å². The SMILES string of the molecule is CCOc1ccccc1OCCN(C)CC(C)C(N)=NO. The monoisotopic (exact) mass is 295 g/mol. The Bertz CT molecular complexity index is 452. The molecule has 118 valence electrons. The normalized spacial score (nSPS) is 13.2. The second-order valence-corrected chi connectivity index (χ2v) is 4.92. The standard InChI is InChI=1S/C15H25N3O3/c1-4-20-13-7-5-6-8-14(13)21-10-9-18(3)11-12(2)15(16)17-19/h5-8,12,19H,4,9-11H2,1-3H3,(H2,16,17). The van der Waals surface area contributed by atoms with E-state index in [9.17, 15) is 0 Å². The highest BCUT2D eigenvalue weighted by atomic mass is 16.5. The van der Waals surface area contributed by atoms with Crippen molar-refractivity contribution in [2.75, 3.05) is 33.4 Å². The minimum atomic E-state index is -0.00397. The van der Waals surface area contributed by atoms with Gasteiger partial charge >= 0.3 is 0 Å². The van der Waals surface area contributed by atoms with Gasteiger partial charge in [-0.1, -0.05) is 24.2 Å². The Kier molecular flexibility index (Phi) is 7.39. The molecule has 0 aromatic heterocycles. The number of hydrogen-bond donors (Lipinski definition) is 2. The van der Waals surface area contributed by atoms with Gasteiger partial charge < -0.3 is 25.3 Å². The van der Waals surface area contributed by atoms with Gasteiger partial charge in [0, 0.05) is 19.0 Å². The molecule has 6 nitrogen and oxygen atoms in total. The summed E-state index contributed by atoms with van der Waals surface area (Å²) in [7, 11) is 1.97. The Labute approximate surface area is 126 Å². The number of likely N-dealkylation sites (N-methyl/N-ethyl adjacent to an activating group) is 1. The van der Waals surface area contributed by atoms with Gasteiger partial charge in [-0.25, -0.2) is 0 Å². The number of nitrogens with two attached hydrogens (primary N) is 1. The molecule has 0 aliphatic carbocycles. The first-order chi connectivity index (χ1) is 10.1. The molecule has 3 N–H and O–H groups in total. The summed E-state index contributed by atoms with van der Waals surface area (Å²) in [6.07, 6.45) is 0. The number of para-hydroxylation sites is 2. The Morgan fingerprint density at radius 3 is 2.52 bits per heavy atom. The first kappa shape index (κ1) is 17.1. The van der Waals surface area contributed by atoms with Crippen molar-refractivity contribution in [3.05, 3.63) is 24.3 Å². The topological polar surface area (TPSA) is 80.3 Å². The lowest BCUT2D eigenvalue weighted by molar-refractivity contribution is 0.219. The second kappa shape index (κ2) is 9.07. The smallest absolute Gasteiger partial charge is 0.161 e. The van der Waals surface area contributed by atoms with Gasteiger partial charge in [0.25, 0.3) is 0 Å². The molecule has 0 bridgehead atoms. The summed E-state index contributed by atoms with van der Waals surface area (Å²) in [6.45, 7) is 6.45. The first-order valence-electron chi connectivity index (χ1n) is 7.09. The second-order valence-electron chi connectivity index (χ2n) is 4.92. The van der Waals surface area contributed by atoms with Crippen LogP contribution in [0.15, 0.2) is 29.4 Å². The van der Waals surface area contributed by atoms with E-state index in [1.54, 1.807) is 0 Å². The maximum absolute atomic E-state index is 8.63. The van der Waals surface area contributed by atoms with E-state index in [4.69, 9.17) is 20.4 Å². The zero-order valence-electron chi connectivity index (χ0n) is 13.0. The van der Waals surface area contributed by atoms with Gasteiger partial charge in [0.15, 0.2) is 11.5 Å². The van der Waals surface area contributed by atoms with E-state index in [1.807, 2.05) is 45.2 Å². The van der Waals surface area contributed by atoms with Crippen LogP contribution >= 0.6 is 0 Å². The van der Waals surface area contributed by atoms with E-state index >= 15 is 0 Å². The summed E-state index contributed by atoms with van der Waals surface area (Å²) in [5, 5.41) is 11.7. The van der Waals surface area contributed by atoms with Gasteiger partial charge in [-0.05, 0) is 26.1 Å². The number of amidine groups is 1. The fourth-order valence-electron chi connectivity index (χ4n) is 1.91. The summed E-state index contributed by atoms with van der Waals surface area (Å²) in [6, 6.07) is 7.62. The highest BCUT2D eigenvalue weighted by Gasteiger charge is 2.11. The van der Waals surface area contributed by atoms with Crippen molar-refractivity contribution >= 4 is 5.84 Å². The summed E-state index contributed by atoms with van der Waals surface area (Å²) in [5.41, 5.74) is 5.56. The molecular formula is C15H25N3O3. The number of benzene rings is 1. The van der Waals surface area contributed by atoms with Crippen LogP contribution in [0.1, 0.15) is 13.8 Å². The lowest BCUT2D eigenvalue weighted by atomic mass is 10.1. The third-order valence-electron chi connectivity index (χ3n) is 3.09. The Hall–Kier alpha value is -1.95. The van der Waals surface area contributed by atoms with Crippen LogP contribution in [0.2, 0.25) is 0 Å². The quantitative estimate of drug-likeness (QED) is 0.314. The van der Waals surface area contributed by atoms with Gasteiger partial charge in [-0.2, -0.15) is 0 Å². The summed E-state index contributed by atoms with van der Waals surface area (Å²) < 4.78 is 11.3. The Morgan fingerprint density at radius 1 is 1.33 bits per heavy atom. The molecule has 1 aromatic carbocycles. The van der Waals surface area contributed by atoms with Crippen LogP contribution in [0.5, 0.6) is 11.5 Å². The van der Waals surface area contributed by atoms with Crippen LogP contribution in [0, 0.1) is 5.92 Å². The maximum atomic E-state index is 8.63. The Morgan fingerprint density at radius 2 is 1.95 bits per heavy atom. The Balaban J connectivity index is 2.39. The van der Waals surface area contributed by atoms with Crippen LogP contribution in [0.3, 0.4) is 0 Å². The highest BCUT2D eigenvalue weighted by molar-refractivity contribution is 5.82. The third-order valence-corrected chi connectivity index (χ3v) is 3.09. The third kappa shape index (κ3) is 5.91. The molecule has 0 saturated carbocycles. The number of ether oxygens (including phenoxy) is 2. The molecule has 1 aromatic rings. The lowest BCUT2D eigenvalue weighted by Crippen LogP contribution is -2.34. The van der Waals surface area contributed by atoms with Gasteiger partial charge in [0.2, 0.25) is 0 Å². The number of nitrogens with zero attached hydrogens (tertiary/aromatic N) is 2. The fourth-order valence-corrected chi connectivity index (χ4v) is 1.91. The molecule has 0 spiro atoms. The van der Waals surface area contributed by atoms with E-state index in [1.165, 1.54) is 0 Å². The van der Waals surface area contributed by atoms with Crippen molar-refractivity contribution in [1.82, 2.24) is 4.90 Å².